The molecule has 0 aromatic heterocycles. The largest absolute Gasteiger partial charge is 0.492 e. The molecule has 23 heavy (non-hydrogen) atoms. The first-order chi connectivity index (χ1) is 10.7. The van der Waals surface area contributed by atoms with E-state index in [0.29, 0.717) is 12.0 Å². The molecule has 2 heteroatoms. The van der Waals surface area contributed by atoms with Crippen molar-refractivity contribution < 1.29 is 9.47 Å². The molecule has 0 aliphatic carbocycles. The molecule has 1 aromatic rings. The molecule has 2 rings (SSSR count). The lowest BCUT2D eigenvalue weighted by Crippen LogP contribution is -2.18. The van der Waals surface area contributed by atoms with Crippen LogP contribution in [0.2, 0.25) is 0 Å². The van der Waals surface area contributed by atoms with Crippen molar-refractivity contribution in [1.29, 1.82) is 0 Å². The molecule has 0 spiro atoms. The molecule has 0 saturated heterocycles. The topological polar surface area (TPSA) is 18.5 Å². The SMILES string of the molecule is CC(=CCOc1ccc2c(c1)OCC2(C)C)CCCC(C)(C)C. The van der Waals surface area contributed by atoms with Crippen LogP contribution in [0.15, 0.2) is 29.8 Å². The summed E-state index contributed by atoms with van der Waals surface area (Å²) in [7, 11) is 0. The second kappa shape index (κ2) is 6.98. The normalized spacial score (nSPS) is 16.9. The van der Waals surface area contributed by atoms with E-state index in [0.717, 1.165) is 24.5 Å². The molecule has 1 heterocycles. The van der Waals surface area contributed by atoms with Crippen molar-refractivity contribution in [3.05, 3.63) is 35.4 Å². The van der Waals surface area contributed by atoms with Gasteiger partial charge >= 0.3 is 0 Å². The highest BCUT2D eigenvalue weighted by Crippen LogP contribution is 2.40. The van der Waals surface area contributed by atoms with Crippen LogP contribution in [0.5, 0.6) is 11.5 Å². The van der Waals surface area contributed by atoms with Crippen molar-refractivity contribution in [2.75, 3.05) is 13.2 Å². The number of benzene rings is 1. The molecule has 0 radical (unpaired) electrons. The Kier molecular flexibility index (Phi) is 5.44. The van der Waals surface area contributed by atoms with Crippen LogP contribution in [0.25, 0.3) is 0 Å². The Morgan fingerprint density at radius 3 is 2.74 bits per heavy atom. The number of fused-ring (bicyclic) bond motifs is 1. The molecule has 1 aliphatic heterocycles. The summed E-state index contributed by atoms with van der Waals surface area (Å²) in [4.78, 5) is 0. The maximum absolute atomic E-state index is 5.86. The minimum atomic E-state index is 0.109. The molecule has 0 unspecified atom stereocenters. The van der Waals surface area contributed by atoms with Gasteiger partial charge in [-0.3, -0.25) is 0 Å². The van der Waals surface area contributed by atoms with E-state index in [1.165, 1.54) is 24.0 Å². The monoisotopic (exact) mass is 316 g/mol. The van der Waals surface area contributed by atoms with Crippen molar-refractivity contribution in [3.63, 3.8) is 0 Å². The van der Waals surface area contributed by atoms with E-state index in [1.807, 2.05) is 6.07 Å². The number of hydrogen-bond donors (Lipinski definition) is 0. The maximum atomic E-state index is 5.86. The zero-order valence-electron chi connectivity index (χ0n) is 15.7. The Morgan fingerprint density at radius 2 is 2.04 bits per heavy atom. The van der Waals surface area contributed by atoms with Gasteiger partial charge in [-0.05, 0) is 43.7 Å². The lowest BCUT2D eigenvalue weighted by Gasteiger charge is -2.17. The van der Waals surface area contributed by atoms with Crippen LogP contribution in [0, 0.1) is 5.41 Å². The van der Waals surface area contributed by atoms with Gasteiger partial charge in [-0.25, -0.2) is 0 Å². The molecule has 128 valence electrons. The minimum Gasteiger partial charge on any atom is -0.492 e. The lowest BCUT2D eigenvalue weighted by molar-refractivity contribution is 0.289. The molecule has 2 nitrogen and oxygen atoms in total. The van der Waals surface area contributed by atoms with Crippen molar-refractivity contribution in [2.45, 2.75) is 66.2 Å². The van der Waals surface area contributed by atoms with E-state index in [4.69, 9.17) is 9.47 Å². The van der Waals surface area contributed by atoms with Gasteiger partial charge in [-0.1, -0.05) is 46.3 Å². The highest BCUT2D eigenvalue weighted by Gasteiger charge is 2.31. The summed E-state index contributed by atoms with van der Waals surface area (Å²) in [5.74, 6) is 1.86. The maximum Gasteiger partial charge on any atom is 0.126 e. The molecule has 1 aromatic carbocycles. The zero-order valence-corrected chi connectivity index (χ0v) is 15.7. The molecule has 0 atom stereocenters. The Morgan fingerprint density at radius 1 is 1.30 bits per heavy atom. The summed E-state index contributed by atoms with van der Waals surface area (Å²) < 4.78 is 11.6. The molecule has 0 amide bonds. The summed E-state index contributed by atoms with van der Waals surface area (Å²) >= 11 is 0. The zero-order chi connectivity index (χ0) is 17.1. The molecule has 1 aliphatic rings. The van der Waals surface area contributed by atoms with Gasteiger partial charge in [0, 0.05) is 17.0 Å². The summed E-state index contributed by atoms with van der Waals surface area (Å²) in [5.41, 5.74) is 3.22. The first-order valence-corrected chi connectivity index (χ1v) is 8.73. The third-order valence-corrected chi connectivity index (χ3v) is 4.45. The fourth-order valence-corrected chi connectivity index (χ4v) is 2.89. The van der Waals surface area contributed by atoms with Gasteiger partial charge < -0.3 is 9.47 Å². The van der Waals surface area contributed by atoms with Crippen LogP contribution in [-0.4, -0.2) is 13.2 Å². The molecule has 0 bridgehead atoms. The average molecular weight is 316 g/mol. The Hall–Kier alpha value is -1.44. The third-order valence-electron chi connectivity index (χ3n) is 4.45. The van der Waals surface area contributed by atoms with E-state index >= 15 is 0 Å². The average Bonchev–Trinajstić information content (AvgIpc) is 2.73. The third kappa shape index (κ3) is 5.30. The molecule has 0 N–H and O–H groups in total. The van der Waals surface area contributed by atoms with Crippen molar-refractivity contribution in [3.8, 4) is 11.5 Å². The van der Waals surface area contributed by atoms with Gasteiger partial charge in [0.15, 0.2) is 0 Å². The van der Waals surface area contributed by atoms with E-state index in [1.54, 1.807) is 0 Å². The van der Waals surface area contributed by atoms with Gasteiger partial charge in [0.1, 0.15) is 18.1 Å². The highest BCUT2D eigenvalue weighted by molar-refractivity contribution is 5.47. The Balaban J connectivity index is 1.81. The molecule has 0 fully saturated rings. The number of ether oxygens (including phenoxy) is 2. The predicted molar refractivity (Wildman–Crippen MR) is 97.5 cm³/mol. The van der Waals surface area contributed by atoms with E-state index < -0.39 is 0 Å². The summed E-state index contributed by atoms with van der Waals surface area (Å²) in [5, 5.41) is 0. The number of allylic oxidation sites excluding steroid dienone is 1. The number of rotatable bonds is 6. The Bertz CT molecular complexity index is 562. The van der Waals surface area contributed by atoms with E-state index in [9.17, 15) is 0 Å². The van der Waals surface area contributed by atoms with Gasteiger partial charge in [0.2, 0.25) is 0 Å². The second-order valence-electron chi connectivity index (χ2n) is 8.61. The molecule has 0 saturated carbocycles. The second-order valence-corrected chi connectivity index (χ2v) is 8.61. The van der Waals surface area contributed by atoms with Crippen LogP contribution >= 0.6 is 0 Å². The number of hydrogen-bond acceptors (Lipinski definition) is 2. The molecular weight excluding hydrogens is 284 g/mol. The minimum absolute atomic E-state index is 0.109. The van der Waals surface area contributed by atoms with Crippen molar-refractivity contribution in [1.82, 2.24) is 0 Å². The van der Waals surface area contributed by atoms with Crippen molar-refractivity contribution in [2.24, 2.45) is 5.41 Å². The first-order valence-electron chi connectivity index (χ1n) is 8.73. The van der Waals surface area contributed by atoms with Gasteiger partial charge in [-0.15, -0.1) is 0 Å². The van der Waals surface area contributed by atoms with Gasteiger partial charge in [0.05, 0.1) is 6.61 Å². The fraction of sp³-hybridized carbons (Fsp3) is 0.619. The molecular formula is C21H32O2. The summed E-state index contributed by atoms with van der Waals surface area (Å²) in [6, 6.07) is 6.21. The van der Waals surface area contributed by atoms with E-state index in [-0.39, 0.29) is 5.41 Å². The van der Waals surface area contributed by atoms with Crippen LogP contribution in [0.1, 0.15) is 66.4 Å². The summed E-state index contributed by atoms with van der Waals surface area (Å²) in [6.07, 6.45) is 5.85. The van der Waals surface area contributed by atoms with Crippen molar-refractivity contribution >= 4 is 0 Å². The first kappa shape index (κ1) is 17.9. The van der Waals surface area contributed by atoms with Crippen LogP contribution in [0.4, 0.5) is 0 Å². The quantitative estimate of drug-likeness (QED) is 0.608. The fourth-order valence-electron chi connectivity index (χ4n) is 2.89. The standard InChI is InChI=1S/C21H32O2/c1-16(8-7-12-20(2,3)4)11-13-22-17-9-10-18-19(14-17)23-15-21(18,5)6/h9-11,14H,7-8,12-13,15H2,1-6H3. The lowest BCUT2D eigenvalue weighted by atomic mass is 9.87. The Labute approximate surface area is 141 Å². The van der Waals surface area contributed by atoms with Gasteiger partial charge in [-0.2, -0.15) is 0 Å². The van der Waals surface area contributed by atoms with Crippen LogP contribution in [0.3, 0.4) is 0 Å². The predicted octanol–water partition coefficient (Wildman–Crippen LogP) is 5.90. The highest BCUT2D eigenvalue weighted by atomic mass is 16.5. The van der Waals surface area contributed by atoms with Crippen LogP contribution < -0.4 is 9.47 Å². The van der Waals surface area contributed by atoms with Gasteiger partial charge in [0.25, 0.3) is 0 Å². The van der Waals surface area contributed by atoms with E-state index in [2.05, 4.69) is 59.8 Å². The smallest absolute Gasteiger partial charge is 0.126 e. The summed E-state index contributed by atoms with van der Waals surface area (Å²) in [6.45, 7) is 14.9. The van der Waals surface area contributed by atoms with Crippen LogP contribution in [-0.2, 0) is 5.41 Å².